The Labute approximate surface area is 174 Å². The zero-order chi connectivity index (χ0) is 21.9. The number of hydrazone groups is 1. The Balaban J connectivity index is 3.70. The molecule has 158 valence electrons. The van der Waals surface area contributed by atoms with E-state index >= 15 is 0 Å². The molecule has 0 saturated carbocycles. The lowest BCUT2D eigenvalue weighted by Gasteiger charge is -2.33. The summed E-state index contributed by atoms with van der Waals surface area (Å²) in [6, 6.07) is 0. The number of hydrogen-bond acceptors (Lipinski definition) is 5. The molecule has 0 aromatic heterocycles. The molecule has 0 aliphatic carbocycles. The fraction of sp³-hybridized carbons (Fsp3) is 0.391. The summed E-state index contributed by atoms with van der Waals surface area (Å²) < 4.78 is 0. The highest BCUT2D eigenvalue weighted by Gasteiger charge is 2.48. The van der Waals surface area contributed by atoms with Gasteiger partial charge in [0.15, 0.2) is 0 Å². The Morgan fingerprint density at radius 2 is 2.07 bits per heavy atom. The van der Waals surface area contributed by atoms with Crippen LogP contribution in [-0.4, -0.2) is 54.1 Å². The van der Waals surface area contributed by atoms with Gasteiger partial charge in [-0.1, -0.05) is 49.6 Å². The van der Waals surface area contributed by atoms with Gasteiger partial charge in [-0.3, -0.25) is 14.6 Å². The number of hydroxylamine groups is 2. The molecule has 0 radical (unpaired) electrons. The molecule has 1 heterocycles. The summed E-state index contributed by atoms with van der Waals surface area (Å²) in [5, 5.41) is 17.2. The van der Waals surface area contributed by atoms with Crippen LogP contribution in [0.15, 0.2) is 78.1 Å². The molecule has 1 N–H and O–H groups in total. The Kier molecular flexibility index (Phi) is 10.1. The van der Waals surface area contributed by atoms with Crippen LogP contribution in [0.5, 0.6) is 0 Å². The number of amides is 1. The Morgan fingerprint density at radius 1 is 1.34 bits per heavy atom. The molecule has 1 aliphatic heterocycles. The first-order valence-electron chi connectivity index (χ1n) is 9.66. The first kappa shape index (κ1) is 24.3. The van der Waals surface area contributed by atoms with Crippen LogP contribution in [-0.2, 0) is 9.63 Å². The maximum Gasteiger partial charge on any atom is 0.294 e. The normalized spacial score (nSPS) is 20.4. The van der Waals surface area contributed by atoms with E-state index in [0.29, 0.717) is 25.1 Å². The third-order valence-corrected chi connectivity index (χ3v) is 4.78. The highest BCUT2D eigenvalue weighted by atomic mass is 16.7. The number of hydrogen-bond donors (Lipinski definition) is 1. The van der Waals surface area contributed by atoms with Crippen LogP contribution < -0.4 is 0 Å². The molecule has 1 rings (SSSR count). The maximum absolute atomic E-state index is 13.2. The van der Waals surface area contributed by atoms with Crippen molar-refractivity contribution >= 4 is 11.6 Å². The summed E-state index contributed by atoms with van der Waals surface area (Å²) in [6.07, 6.45) is 15.9. The van der Waals surface area contributed by atoms with Crippen LogP contribution in [0.2, 0.25) is 0 Å². The van der Waals surface area contributed by atoms with Gasteiger partial charge in [-0.2, -0.15) is 5.10 Å². The van der Waals surface area contributed by atoms with Crippen molar-refractivity contribution < 1.29 is 14.7 Å². The molecule has 0 spiro atoms. The average molecular weight is 400 g/mol. The molecule has 29 heavy (non-hydrogen) atoms. The smallest absolute Gasteiger partial charge is 0.294 e. The number of carbonyl (C=O) groups excluding carboxylic acids is 1. The van der Waals surface area contributed by atoms with Gasteiger partial charge in [0.2, 0.25) is 0 Å². The summed E-state index contributed by atoms with van der Waals surface area (Å²) in [6.45, 7) is 12.0. The number of carbonyl (C=O) groups is 1. The molecule has 6 nitrogen and oxygen atoms in total. The van der Waals surface area contributed by atoms with Crippen LogP contribution in [0.1, 0.15) is 26.7 Å². The van der Waals surface area contributed by atoms with Gasteiger partial charge in [0.05, 0.1) is 24.8 Å². The standard InChI is InChI=1S/C23H33N3O3/c1-7-11-15-19(10-4)23(16-12-17-27)18-26(20(13-8-2)14-9-3)24-21(23)22(28)25(5)29-6/h7-11,13-15,27H,2,4,12,16-18H2,1,3,5-6H3/b11-7-,14-9-,19-15+,20-13+. The topological polar surface area (TPSA) is 65.4 Å². The third kappa shape index (κ3) is 5.65. The number of allylic oxidation sites excluding steroid dienone is 8. The van der Waals surface area contributed by atoms with Gasteiger partial charge in [-0.05, 0) is 44.4 Å². The number of nitrogens with zero attached hydrogens (tertiary/aromatic N) is 3. The molecule has 0 saturated heterocycles. The van der Waals surface area contributed by atoms with Crippen molar-refractivity contribution in [3.63, 3.8) is 0 Å². The van der Waals surface area contributed by atoms with Crippen LogP contribution in [0.3, 0.4) is 0 Å². The Morgan fingerprint density at radius 3 is 2.59 bits per heavy atom. The van der Waals surface area contributed by atoms with Gasteiger partial charge in [-0.15, -0.1) is 0 Å². The largest absolute Gasteiger partial charge is 0.396 e. The number of aliphatic hydroxyl groups excluding tert-OH is 1. The van der Waals surface area contributed by atoms with Gasteiger partial charge in [0.1, 0.15) is 5.71 Å². The first-order valence-corrected chi connectivity index (χ1v) is 9.66. The van der Waals surface area contributed by atoms with Crippen LogP contribution >= 0.6 is 0 Å². The maximum atomic E-state index is 13.2. The third-order valence-electron chi connectivity index (χ3n) is 4.78. The average Bonchev–Trinajstić information content (AvgIpc) is 3.11. The minimum absolute atomic E-state index is 0.0155. The van der Waals surface area contributed by atoms with Crippen LogP contribution in [0.25, 0.3) is 0 Å². The molecule has 6 heteroatoms. The van der Waals surface area contributed by atoms with E-state index in [1.54, 1.807) is 24.2 Å². The van der Waals surface area contributed by atoms with E-state index in [2.05, 4.69) is 13.2 Å². The minimum Gasteiger partial charge on any atom is -0.396 e. The second kappa shape index (κ2) is 12.0. The lowest BCUT2D eigenvalue weighted by molar-refractivity contribution is -0.160. The van der Waals surface area contributed by atoms with Crippen molar-refractivity contribution in [3.8, 4) is 0 Å². The molecule has 1 aliphatic rings. The van der Waals surface area contributed by atoms with Crippen molar-refractivity contribution in [2.45, 2.75) is 26.7 Å². The minimum atomic E-state index is -0.740. The summed E-state index contributed by atoms with van der Waals surface area (Å²) in [4.78, 5) is 18.3. The molecule has 1 atom stereocenters. The molecule has 0 aromatic rings. The van der Waals surface area contributed by atoms with Crippen molar-refractivity contribution in [1.82, 2.24) is 10.1 Å². The second-order valence-corrected chi connectivity index (χ2v) is 6.58. The predicted octanol–water partition coefficient (Wildman–Crippen LogP) is 3.77. The Hall–Kier alpha value is -2.70. The number of rotatable bonds is 11. The molecule has 1 unspecified atom stereocenters. The lowest BCUT2D eigenvalue weighted by Crippen LogP contribution is -2.44. The summed E-state index contributed by atoms with van der Waals surface area (Å²) >= 11 is 0. The molecule has 1 amide bonds. The lowest BCUT2D eigenvalue weighted by atomic mass is 9.72. The highest BCUT2D eigenvalue weighted by molar-refractivity contribution is 6.41. The van der Waals surface area contributed by atoms with E-state index in [4.69, 9.17) is 9.94 Å². The summed E-state index contributed by atoms with van der Waals surface area (Å²) in [7, 11) is 2.99. The van der Waals surface area contributed by atoms with Gasteiger partial charge >= 0.3 is 0 Å². The zero-order valence-electron chi connectivity index (χ0n) is 18.0. The van der Waals surface area contributed by atoms with E-state index in [0.717, 1.165) is 11.3 Å². The number of aliphatic hydroxyl groups is 1. The monoisotopic (exact) mass is 399 g/mol. The summed E-state index contributed by atoms with van der Waals surface area (Å²) in [5.74, 6) is -0.334. The van der Waals surface area contributed by atoms with Crippen molar-refractivity contribution in [1.29, 1.82) is 0 Å². The molecular weight excluding hydrogens is 366 g/mol. The van der Waals surface area contributed by atoms with E-state index in [-0.39, 0.29) is 12.5 Å². The van der Waals surface area contributed by atoms with E-state index in [1.807, 2.05) is 50.3 Å². The van der Waals surface area contributed by atoms with Gasteiger partial charge in [-0.25, -0.2) is 5.06 Å². The predicted molar refractivity (Wildman–Crippen MR) is 119 cm³/mol. The zero-order valence-corrected chi connectivity index (χ0v) is 18.0. The van der Waals surface area contributed by atoms with Crippen molar-refractivity contribution in [2.24, 2.45) is 10.5 Å². The van der Waals surface area contributed by atoms with Crippen molar-refractivity contribution in [2.75, 3.05) is 27.3 Å². The summed E-state index contributed by atoms with van der Waals surface area (Å²) in [5.41, 5.74) is 1.29. The first-order chi connectivity index (χ1) is 13.9. The van der Waals surface area contributed by atoms with Crippen molar-refractivity contribution in [3.05, 3.63) is 73.0 Å². The van der Waals surface area contributed by atoms with E-state index in [9.17, 15) is 9.90 Å². The fourth-order valence-corrected chi connectivity index (χ4v) is 3.30. The van der Waals surface area contributed by atoms with Crippen LogP contribution in [0.4, 0.5) is 0 Å². The van der Waals surface area contributed by atoms with Gasteiger partial charge in [0, 0.05) is 13.7 Å². The quantitative estimate of drug-likeness (QED) is 0.424. The van der Waals surface area contributed by atoms with E-state index < -0.39 is 5.41 Å². The van der Waals surface area contributed by atoms with E-state index in [1.165, 1.54) is 12.2 Å². The molecule has 0 fully saturated rings. The highest BCUT2D eigenvalue weighted by Crippen LogP contribution is 2.42. The fourth-order valence-electron chi connectivity index (χ4n) is 3.30. The SMILES string of the molecule is C=C/C=C(\C=C/C)N1CC(CCCO)(/C(C=C)=C/C=C\C)C(C(=O)N(C)OC)=N1. The molecular formula is C23H33N3O3. The van der Waals surface area contributed by atoms with Gasteiger partial charge < -0.3 is 5.11 Å². The Bertz CT molecular complexity index is 746. The molecule has 0 bridgehead atoms. The van der Waals surface area contributed by atoms with Crippen LogP contribution in [0, 0.1) is 5.41 Å². The molecule has 0 aromatic carbocycles. The van der Waals surface area contributed by atoms with Gasteiger partial charge in [0.25, 0.3) is 5.91 Å². The second-order valence-electron chi connectivity index (χ2n) is 6.58.